The summed E-state index contributed by atoms with van der Waals surface area (Å²) in [6.45, 7) is 6.70. The molecule has 0 amide bonds. The highest BCUT2D eigenvalue weighted by atomic mass is 16.2. The molecule has 2 heteroatoms. The molecule has 0 bridgehead atoms. The lowest BCUT2D eigenvalue weighted by atomic mass is 9.75. The Bertz CT molecular complexity index is 1200. The summed E-state index contributed by atoms with van der Waals surface area (Å²) in [4.78, 5) is 0. The van der Waals surface area contributed by atoms with Gasteiger partial charge in [0.2, 0.25) is 0 Å². The van der Waals surface area contributed by atoms with Gasteiger partial charge in [-0.2, -0.15) is 0 Å². The number of aromatic nitrogens is 1. The molecule has 134 valence electrons. The molecule has 27 heavy (non-hydrogen) atoms. The van der Waals surface area contributed by atoms with Gasteiger partial charge in [0.1, 0.15) is 6.61 Å². The van der Waals surface area contributed by atoms with Crippen molar-refractivity contribution in [2.75, 3.05) is 6.61 Å². The van der Waals surface area contributed by atoms with Crippen LogP contribution >= 0.6 is 0 Å². The van der Waals surface area contributed by atoms with Crippen molar-refractivity contribution in [3.8, 4) is 18.0 Å². The maximum atomic E-state index is 7.64. The molecule has 0 unspecified atom stereocenters. The van der Waals surface area contributed by atoms with Crippen LogP contribution in [0, 0.1) is 19.3 Å². The third-order valence-electron chi connectivity index (χ3n) is 5.53. The lowest BCUT2D eigenvalue weighted by molar-refractivity contribution is 0.351. The van der Waals surface area contributed by atoms with Crippen molar-refractivity contribution in [1.82, 2.24) is 4.57 Å². The Labute approximate surface area is 160 Å². The second kappa shape index (κ2) is 6.30. The van der Waals surface area contributed by atoms with E-state index >= 15 is 0 Å². The van der Waals surface area contributed by atoms with Crippen LogP contribution in [-0.2, 0) is 5.41 Å². The fraction of sp³-hybridized carbons (Fsp3) is 0.200. The van der Waals surface area contributed by atoms with Crippen molar-refractivity contribution >= 4 is 21.8 Å². The van der Waals surface area contributed by atoms with E-state index in [1.807, 2.05) is 5.92 Å². The molecule has 1 aliphatic rings. The predicted octanol–water partition coefficient (Wildman–Crippen LogP) is 5.34. The number of fused-ring (bicyclic) bond motifs is 5. The number of nitrogens with zero attached hydrogens (tertiary/aromatic N) is 1. The molecule has 0 aliphatic carbocycles. The topological polar surface area (TPSA) is 25.2 Å². The third-order valence-corrected chi connectivity index (χ3v) is 5.53. The van der Waals surface area contributed by atoms with Gasteiger partial charge in [0.15, 0.2) is 0 Å². The summed E-state index contributed by atoms with van der Waals surface area (Å²) in [6, 6.07) is 22.4. The van der Waals surface area contributed by atoms with Gasteiger partial charge in [-0.25, -0.2) is 0 Å². The number of aliphatic hydroxyl groups excluding tert-OH is 1. The molecule has 5 rings (SSSR count). The van der Waals surface area contributed by atoms with E-state index < -0.39 is 0 Å². The molecule has 0 saturated carbocycles. The smallest absolute Gasteiger partial charge is 0.103 e. The number of terminal acetylenes is 1. The summed E-state index contributed by atoms with van der Waals surface area (Å²) in [5, 5.41) is 10.4. The number of benzene rings is 3. The summed E-state index contributed by atoms with van der Waals surface area (Å²) >= 11 is 0. The van der Waals surface area contributed by atoms with E-state index in [-0.39, 0.29) is 12.0 Å². The minimum absolute atomic E-state index is 0.0233. The second-order valence-corrected chi connectivity index (χ2v) is 7.56. The number of para-hydroxylation sites is 2. The number of aliphatic hydroxyl groups is 1. The summed E-state index contributed by atoms with van der Waals surface area (Å²) in [5.74, 6) is 1.99. The summed E-state index contributed by atoms with van der Waals surface area (Å²) in [5.41, 5.74) is 8.16. The van der Waals surface area contributed by atoms with Crippen molar-refractivity contribution in [2.45, 2.75) is 26.2 Å². The monoisotopic (exact) mass is 353 g/mol. The van der Waals surface area contributed by atoms with Crippen molar-refractivity contribution in [3.63, 3.8) is 0 Å². The van der Waals surface area contributed by atoms with Crippen LogP contribution in [0.4, 0.5) is 0 Å². The molecular formula is C25H23NO. The van der Waals surface area contributed by atoms with Crippen LogP contribution in [-0.4, -0.2) is 16.3 Å². The summed E-state index contributed by atoms with van der Waals surface area (Å²) in [6.07, 6.45) is 4.53. The molecule has 1 N–H and O–H groups in total. The van der Waals surface area contributed by atoms with Crippen molar-refractivity contribution < 1.29 is 5.11 Å². The summed E-state index contributed by atoms with van der Waals surface area (Å²) in [7, 11) is 0. The normalized spacial score (nSPS) is 13.6. The predicted molar refractivity (Wildman–Crippen MR) is 114 cm³/mol. The Kier molecular flexibility index (Phi) is 4.06. The van der Waals surface area contributed by atoms with E-state index in [0.29, 0.717) is 0 Å². The van der Waals surface area contributed by atoms with E-state index in [9.17, 15) is 0 Å². The zero-order valence-electron chi connectivity index (χ0n) is 16.0. The van der Waals surface area contributed by atoms with Crippen molar-refractivity contribution in [1.29, 1.82) is 0 Å². The number of aryl methyl sites for hydroxylation is 1. The highest BCUT2D eigenvalue weighted by Gasteiger charge is 2.34. The van der Waals surface area contributed by atoms with E-state index in [2.05, 4.69) is 92.4 Å². The Morgan fingerprint density at radius 2 is 1.67 bits per heavy atom. The van der Waals surface area contributed by atoms with Gasteiger partial charge in [-0.15, -0.1) is 6.42 Å². The Balaban J connectivity index is 0.000000413. The highest BCUT2D eigenvalue weighted by Crippen LogP contribution is 2.47. The van der Waals surface area contributed by atoms with Crippen LogP contribution in [0.25, 0.3) is 27.5 Å². The Morgan fingerprint density at radius 3 is 2.41 bits per heavy atom. The lowest BCUT2D eigenvalue weighted by Gasteiger charge is -2.34. The molecule has 0 saturated heterocycles. The molecular weight excluding hydrogens is 330 g/mol. The second-order valence-electron chi connectivity index (χ2n) is 7.56. The quantitative estimate of drug-likeness (QED) is 0.424. The maximum absolute atomic E-state index is 7.64. The van der Waals surface area contributed by atoms with E-state index in [0.717, 1.165) is 0 Å². The fourth-order valence-corrected chi connectivity index (χ4v) is 4.28. The molecule has 0 radical (unpaired) electrons. The first kappa shape index (κ1) is 17.4. The van der Waals surface area contributed by atoms with Gasteiger partial charge >= 0.3 is 0 Å². The van der Waals surface area contributed by atoms with Crippen LogP contribution in [0.2, 0.25) is 0 Å². The summed E-state index contributed by atoms with van der Waals surface area (Å²) < 4.78 is 2.46. The highest BCUT2D eigenvalue weighted by molar-refractivity contribution is 6.11. The molecule has 0 spiro atoms. The Hall–Kier alpha value is -3.02. The fourth-order valence-electron chi connectivity index (χ4n) is 4.28. The lowest BCUT2D eigenvalue weighted by Crippen LogP contribution is -2.26. The first-order valence-electron chi connectivity index (χ1n) is 9.19. The van der Waals surface area contributed by atoms with Gasteiger partial charge in [-0.3, -0.25) is 0 Å². The molecule has 1 aromatic heterocycles. The van der Waals surface area contributed by atoms with Crippen molar-refractivity contribution in [3.05, 3.63) is 77.4 Å². The zero-order valence-corrected chi connectivity index (χ0v) is 16.0. The van der Waals surface area contributed by atoms with Crippen LogP contribution in [0.3, 0.4) is 0 Å². The van der Waals surface area contributed by atoms with Gasteiger partial charge in [0, 0.05) is 16.2 Å². The number of hydrogen-bond donors (Lipinski definition) is 1. The standard InChI is InChI=1S/C22H19N.C3H4O/c1-14-11-12-19-16(13-14)15-7-6-9-18-21(15)23(19)20-10-5-4-8-17(20)22(18,2)3;1-2-3-4/h4-13H,1-3H3;1,4H,3H2. The molecule has 2 nitrogen and oxygen atoms in total. The molecule has 1 aliphatic heterocycles. The average Bonchev–Trinajstić information content (AvgIpc) is 3.01. The molecule has 0 fully saturated rings. The van der Waals surface area contributed by atoms with Gasteiger partial charge in [-0.05, 0) is 36.2 Å². The third kappa shape index (κ3) is 2.47. The first-order chi connectivity index (χ1) is 13.0. The van der Waals surface area contributed by atoms with Gasteiger partial charge in [0.05, 0.1) is 16.7 Å². The van der Waals surface area contributed by atoms with E-state index in [1.54, 1.807) is 0 Å². The van der Waals surface area contributed by atoms with Crippen LogP contribution < -0.4 is 0 Å². The Morgan fingerprint density at radius 1 is 0.963 bits per heavy atom. The van der Waals surface area contributed by atoms with E-state index in [1.165, 1.54) is 44.2 Å². The average molecular weight is 353 g/mol. The van der Waals surface area contributed by atoms with Crippen LogP contribution in [0.5, 0.6) is 0 Å². The molecule has 3 aromatic carbocycles. The number of rotatable bonds is 0. The SMILES string of the molecule is C#CCO.Cc1ccc2c(c1)c1cccc3c1n2-c1ccccc1C3(C)C. The van der Waals surface area contributed by atoms with Gasteiger partial charge in [0.25, 0.3) is 0 Å². The number of hydrogen-bond acceptors (Lipinski definition) is 1. The molecule has 4 aromatic rings. The van der Waals surface area contributed by atoms with E-state index in [4.69, 9.17) is 5.11 Å². The van der Waals surface area contributed by atoms with Gasteiger partial charge < -0.3 is 9.67 Å². The zero-order chi connectivity index (χ0) is 19.2. The molecule has 0 atom stereocenters. The maximum Gasteiger partial charge on any atom is 0.103 e. The largest absolute Gasteiger partial charge is 0.384 e. The van der Waals surface area contributed by atoms with Crippen molar-refractivity contribution in [2.24, 2.45) is 0 Å². The minimum Gasteiger partial charge on any atom is -0.384 e. The molecule has 2 heterocycles. The van der Waals surface area contributed by atoms with Crippen LogP contribution in [0.15, 0.2) is 60.7 Å². The van der Waals surface area contributed by atoms with Crippen LogP contribution in [0.1, 0.15) is 30.5 Å². The first-order valence-corrected chi connectivity index (χ1v) is 9.19. The van der Waals surface area contributed by atoms with Gasteiger partial charge in [-0.1, -0.05) is 67.8 Å². The minimum atomic E-state index is -0.153.